The first-order valence-electron chi connectivity index (χ1n) is 5.48. The Kier molecular flexibility index (Phi) is 4.90. The van der Waals surface area contributed by atoms with Gasteiger partial charge in [0.25, 0.3) is 5.91 Å². The summed E-state index contributed by atoms with van der Waals surface area (Å²) in [5.41, 5.74) is 0.840. The van der Waals surface area contributed by atoms with E-state index in [2.05, 4.69) is 21.2 Å². The molecule has 1 heterocycles. The smallest absolute Gasteiger partial charge is 0.262 e. The number of amides is 1. The van der Waals surface area contributed by atoms with Gasteiger partial charge in [0.1, 0.15) is 4.88 Å². The van der Waals surface area contributed by atoms with E-state index in [4.69, 9.17) is 23.2 Å². The molecule has 1 unspecified atom stereocenters. The molecule has 100 valence electrons. The van der Waals surface area contributed by atoms with Crippen LogP contribution in [0.5, 0.6) is 0 Å². The lowest BCUT2D eigenvalue weighted by molar-refractivity contribution is 0.0943. The molecule has 1 aromatic heterocycles. The van der Waals surface area contributed by atoms with Crippen molar-refractivity contribution in [2.24, 2.45) is 0 Å². The first-order chi connectivity index (χ1) is 8.99. The largest absolute Gasteiger partial charge is 0.345 e. The van der Waals surface area contributed by atoms with E-state index < -0.39 is 0 Å². The minimum Gasteiger partial charge on any atom is -0.345 e. The maximum atomic E-state index is 12.1. The van der Waals surface area contributed by atoms with Gasteiger partial charge in [-0.3, -0.25) is 4.79 Å². The Hall–Kier alpha value is -0.550. The van der Waals surface area contributed by atoms with Gasteiger partial charge in [-0.25, -0.2) is 0 Å². The minimum atomic E-state index is -0.189. The van der Waals surface area contributed by atoms with Crippen molar-refractivity contribution in [3.63, 3.8) is 0 Å². The van der Waals surface area contributed by atoms with Crippen molar-refractivity contribution in [2.75, 3.05) is 0 Å². The van der Waals surface area contributed by atoms with E-state index in [1.165, 1.54) is 11.3 Å². The van der Waals surface area contributed by atoms with E-state index in [9.17, 15) is 4.79 Å². The number of thiophene rings is 1. The van der Waals surface area contributed by atoms with Crippen LogP contribution >= 0.6 is 50.5 Å². The van der Waals surface area contributed by atoms with Crippen molar-refractivity contribution in [2.45, 2.75) is 13.0 Å². The second-order valence-electron chi connectivity index (χ2n) is 3.96. The lowest BCUT2D eigenvalue weighted by Crippen LogP contribution is -2.26. The van der Waals surface area contributed by atoms with Crippen LogP contribution in [0, 0.1) is 0 Å². The molecule has 0 aliphatic carbocycles. The van der Waals surface area contributed by atoms with Crippen LogP contribution in [0.25, 0.3) is 0 Å². The van der Waals surface area contributed by atoms with Crippen molar-refractivity contribution >= 4 is 56.4 Å². The number of hydrogen-bond acceptors (Lipinski definition) is 2. The third-order valence-electron chi connectivity index (χ3n) is 2.60. The fraction of sp³-hybridized carbons (Fsp3) is 0.154. The van der Waals surface area contributed by atoms with Crippen molar-refractivity contribution in [1.82, 2.24) is 5.32 Å². The zero-order valence-corrected chi connectivity index (χ0v) is 13.8. The molecule has 0 saturated carbocycles. The van der Waals surface area contributed by atoms with Crippen LogP contribution in [-0.2, 0) is 0 Å². The zero-order chi connectivity index (χ0) is 14.0. The molecule has 2 rings (SSSR count). The van der Waals surface area contributed by atoms with Gasteiger partial charge in [0.05, 0.1) is 6.04 Å². The average molecular weight is 379 g/mol. The van der Waals surface area contributed by atoms with Gasteiger partial charge in [-0.15, -0.1) is 11.3 Å². The third-order valence-corrected chi connectivity index (χ3v) is 5.00. The molecule has 0 saturated heterocycles. The number of hydrogen-bond donors (Lipinski definition) is 1. The van der Waals surface area contributed by atoms with Crippen LogP contribution in [0.1, 0.15) is 28.2 Å². The summed E-state index contributed by atoms with van der Waals surface area (Å²) in [6, 6.07) is 6.90. The maximum absolute atomic E-state index is 12.1. The van der Waals surface area contributed by atoms with E-state index in [0.717, 1.165) is 10.0 Å². The van der Waals surface area contributed by atoms with Crippen molar-refractivity contribution in [3.8, 4) is 0 Å². The normalized spacial score (nSPS) is 12.2. The van der Waals surface area contributed by atoms with E-state index in [0.29, 0.717) is 14.9 Å². The molecule has 1 atom stereocenters. The molecule has 6 heteroatoms. The summed E-state index contributed by atoms with van der Waals surface area (Å²) < 4.78 is 0.796. The first-order valence-corrected chi connectivity index (χ1v) is 7.90. The highest BCUT2D eigenvalue weighted by Crippen LogP contribution is 2.27. The Labute approximate surface area is 133 Å². The zero-order valence-electron chi connectivity index (χ0n) is 9.91. The molecule has 0 spiro atoms. The average Bonchev–Trinajstić information content (AvgIpc) is 2.75. The molecule has 0 aliphatic heterocycles. The van der Waals surface area contributed by atoms with Gasteiger partial charge < -0.3 is 5.32 Å². The SMILES string of the molecule is CC(NC(=O)c1sccc1Br)c1ccc(Cl)cc1Cl. The van der Waals surface area contributed by atoms with Crippen LogP contribution in [-0.4, -0.2) is 5.91 Å². The van der Waals surface area contributed by atoms with Crippen molar-refractivity contribution < 1.29 is 4.79 Å². The Morgan fingerprint density at radius 3 is 2.68 bits per heavy atom. The summed E-state index contributed by atoms with van der Waals surface area (Å²) in [4.78, 5) is 12.7. The number of halogens is 3. The lowest BCUT2D eigenvalue weighted by Gasteiger charge is -2.15. The van der Waals surface area contributed by atoms with Gasteiger partial charge in [0, 0.05) is 14.5 Å². The molecular weight excluding hydrogens is 369 g/mol. The van der Waals surface area contributed by atoms with Crippen LogP contribution in [0.4, 0.5) is 0 Å². The molecule has 19 heavy (non-hydrogen) atoms. The predicted octanol–water partition coefficient (Wildman–Crippen LogP) is 5.31. The van der Waals surface area contributed by atoms with E-state index >= 15 is 0 Å². The quantitative estimate of drug-likeness (QED) is 0.770. The summed E-state index contributed by atoms with van der Waals surface area (Å²) in [5, 5.41) is 5.90. The molecule has 0 radical (unpaired) electrons. The standard InChI is InChI=1S/C13H10BrCl2NOS/c1-7(9-3-2-8(15)6-11(9)16)17-13(18)12-10(14)4-5-19-12/h2-7H,1H3,(H,17,18). The summed E-state index contributed by atoms with van der Waals surface area (Å²) in [7, 11) is 0. The number of rotatable bonds is 3. The van der Waals surface area contributed by atoms with Crippen molar-refractivity contribution in [3.05, 3.63) is 54.6 Å². The van der Waals surface area contributed by atoms with Crippen LogP contribution < -0.4 is 5.32 Å². The predicted molar refractivity (Wildman–Crippen MR) is 84.4 cm³/mol. The van der Waals surface area contributed by atoms with Crippen LogP contribution in [0.2, 0.25) is 10.0 Å². The van der Waals surface area contributed by atoms with Gasteiger partial charge in [-0.05, 0) is 52.0 Å². The lowest BCUT2D eigenvalue weighted by atomic mass is 10.1. The summed E-state index contributed by atoms with van der Waals surface area (Å²) in [6.07, 6.45) is 0. The van der Waals surface area contributed by atoms with Gasteiger partial charge >= 0.3 is 0 Å². The Bertz CT molecular complexity index is 614. The maximum Gasteiger partial charge on any atom is 0.262 e. The highest BCUT2D eigenvalue weighted by Gasteiger charge is 2.16. The fourth-order valence-electron chi connectivity index (χ4n) is 1.65. The van der Waals surface area contributed by atoms with Gasteiger partial charge in [0.15, 0.2) is 0 Å². The second-order valence-corrected chi connectivity index (χ2v) is 6.57. The molecule has 1 amide bonds. The molecule has 0 aliphatic rings. The summed E-state index contributed by atoms with van der Waals surface area (Å²) in [5.74, 6) is -0.125. The number of nitrogens with one attached hydrogen (secondary N) is 1. The summed E-state index contributed by atoms with van der Waals surface area (Å²) >= 11 is 16.7. The molecule has 2 nitrogen and oxygen atoms in total. The second kappa shape index (κ2) is 6.27. The molecule has 1 aromatic carbocycles. The number of benzene rings is 1. The highest BCUT2D eigenvalue weighted by molar-refractivity contribution is 9.10. The Balaban J connectivity index is 2.15. The van der Waals surface area contributed by atoms with E-state index in [1.807, 2.05) is 24.4 Å². The van der Waals surface area contributed by atoms with Crippen LogP contribution in [0.3, 0.4) is 0 Å². The Morgan fingerprint density at radius 1 is 1.37 bits per heavy atom. The Morgan fingerprint density at radius 2 is 2.11 bits per heavy atom. The topological polar surface area (TPSA) is 29.1 Å². The summed E-state index contributed by atoms with van der Waals surface area (Å²) in [6.45, 7) is 1.88. The number of carbonyl (C=O) groups excluding carboxylic acids is 1. The fourth-order valence-corrected chi connectivity index (χ4v) is 3.67. The van der Waals surface area contributed by atoms with E-state index in [1.54, 1.807) is 12.1 Å². The van der Waals surface area contributed by atoms with Crippen molar-refractivity contribution in [1.29, 1.82) is 0 Å². The third kappa shape index (κ3) is 3.51. The first kappa shape index (κ1) is 14.9. The molecule has 2 aromatic rings. The molecule has 0 fully saturated rings. The van der Waals surface area contributed by atoms with E-state index in [-0.39, 0.29) is 11.9 Å². The monoisotopic (exact) mass is 377 g/mol. The van der Waals surface area contributed by atoms with Gasteiger partial charge in [0.2, 0.25) is 0 Å². The molecule has 0 bridgehead atoms. The molecular formula is C13H10BrCl2NOS. The number of carbonyl (C=O) groups is 1. The molecule has 1 N–H and O–H groups in total. The minimum absolute atomic E-state index is 0.125. The van der Waals surface area contributed by atoms with Gasteiger partial charge in [-0.1, -0.05) is 29.3 Å². The highest BCUT2D eigenvalue weighted by atomic mass is 79.9. The van der Waals surface area contributed by atoms with Crippen LogP contribution in [0.15, 0.2) is 34.1 Å². The van der Waals surface area contributed by atoms with Gasteiger partial charge in [-0.2, -0.15) is 0 Å².